The van der Waals surface area contributed by atoms with Crippen LogP contribution in [0, 0.1) is 17.0 Å². The lowest BCUT2D eigenvalue weighted by Crippen LogP contribution is -2.53. The van der Waals surface area contributed by atoms with E-state index in [0.29, 0.717) is 6.42 Å². The Morgan fingerprint density at radius 2 is 1.62 bits per heavy atom. The smallest absolute Gasteiger partial charge is 0.269 e. The summed E-state index contributed by atoms with van der Waals surface area (Å²) >= 11 is 0. The molecule has 3 aromatic rings. The topological polar surface area (TPSA) is 130 Å². The van der Waals surface area contributed by atoms with Crippen molar-refractivity contribution in [1.82, 2.24) is 10.2 Å². The van der Waals surface area contributed by atoms with Gasteiger partial charge in [0.25, 0.3) is 15.7 Å². The van der Waals surface area contributed by atoms with Gasteiger partial charge in [-0.15, -0.1) is 0 Å². The summed E-state index contributed by atoms with van der Waals surface area (Å²) in [5, 5.41) is 14.0. The maximum atomic E-state index is 14.0. The van der Waals surface area contributed by atoms with Crippen molar-refractivity contribution in [2.45, 2.75) is 57.6 Å². The van der Waals surface area contributed by atoms with Crippen LogP contribution in [0.1, 0.15) is 38.3 Å². The maximum absolute atomic E-state index is 14.0. The molecule has 0 bridgehead atoms. The molecule has 0 saturated carbocycles. The highest BCUT2D eigenvalue weighted by atomic mass is 32.2. The molecule has 10 nitrogen and oxygen atoms in total. The SMILES string of the molecule is CCC(C(=O)NC(C)C)N(Cc1cccc(C)c1)C(=O)CN(c1ccc([N+](=O)[O-])cc1)S(=O)(=O)c1ccccc1. The maximum Gasteiger partial charge on any atom is 0.269 e. The van der Waals surface area contributed by atoms with E-state index in [2.05, 4.69) is 5.32 Å². The molecular formula is C29H34N4O6S. The van der Waals surface area contributed by atoms with Crippen LogP contribution in [-0.4, -0.2) is 48.7 Å². The van der Waals surface area contributed by atoms with Crippen molar-refractivity contribution in [3.8, 4) is 0 Å². The van der Waals surface area contributed by atoms with E-state index in [1.165, 1.54) is 41.3 Å². The number of nitro groups is 1. The predicted molar refractivity (Wildman–Crippen MR) is 153 cm³/mol. The molecule has 2 amide bonds. The monoisotopic (exact) mass is 566 g/mol. The Hall–Kier alpha value is -4.25. The van der Waals surface area contributed by atoms with Crippen molar-refractivity contribution >= 4 is 33.2 Å². The molecule has 0 heterocycles. The van der Waals surface area contributed by atoms with Gasteiger partial charge < -0.3 is 10.2 Å². The number of nitro benzene ring substituents is 1. The number of aryl methyl sites for hydroxylation is 1. The van der Waals surface area contributed by atoms with Gasteiger partial charge >= 0.3 is 0 Å². The van der Waals surface area contributed by atoms with Crippen molar-refractivity contribution in [2.24, 2.45) is 0 Å². The van der Waals surface area contributed by atoms with Gasteiger partial charge in [-0.25, -0.2) is 8.42 Å². The Bertz CT molecular complexity index is 1440. The third kappa shape index (κ3) is 7.44. The van der Waals surface area contributed by atoms with Gasteiger partial charge in [-0.05, 0) is 57.0 Å². The van der Waals surface area contributed by atoms with E-state index in [9.17, 15) is 28.1 Å². The van der Waals surface area contributed by atoms with Crippen LogP contribution < -0.4 is 9.62 Å². The molecule has 1 atom stereocenters. The number of sulfonamides is 1. The molecule has 1 N–H and O–H groups in total. The van der Waals surface area contributed by atoms with Crippen LogP contribution >= 0.6 is 0 Å². The number of rotatable bonds is 12. The van der Waals surface area contributed by atoms with Gasteiger partial charge in [0.05, 0.1) is 15.5 Å². The van der Waals surface area contributed by atoms with Crippen LogP contribution in [0.15, 0.2) is 83.8 Å². The fourth-order valence-corrected chi connectivity index (χ4v) is 5.73. The molecule has 40 heavy (non-hydrogen) atoms. The molecule has 212 valence electrons. The van der Waals surface area contributed by atoms with Gasteiger partial charge in [0.1, 0.15) is 12.6 Å². The van der Waals surface area contributed by atoms with E-state index in [-0.39, 0.29) is 34.8 Å². The van der Waals surface area contributed by atoms with E-state index in [4.69, 9.17) is 0 Å². The third-order valence-electron chi connectivity index (χ3n) is 6.21. The zero-order valence-corrected chi connectivity index (χ0v) is 23.8. The van der Waals surface area contributed by atoms with E-state index in [0.717, 1.165) is 15.4 Å². The number of nitrogens with one attached hydrogen (secondary N) is 1. The van der Waals surface area contributed by atoms with E-state index in [1.807, 2.05) is 45.0 Å². The summed E-state index contributed by atoms with van der Waals surface area (Å²) in [5.41, 5.74) is 1.63. The highest BCUT2D eigenvalue weighted by molar-refractivity contribution is 7.92. The van der Waals surface area contributed by atoms with Gasteiger partial charge in [0, 0.05) is 24.7 Å². The Labute approximate surface area is 234 Å². The van der Waals surface area contributed by atoms with Crippen LogP contribution in [0.2, 0.25) is 0 Å². The van der Waals surface area contributed by atoms with Crippen LogP contribution in [0.25, 0.3) is 0 Å². The zero-order chi connectivity index (χ0) is 29.4. The Morgan fingerprint density at radius 1 is 0.975 bits per heavy atom. The number of anilines is 1. The number of nitrogens with zero attached hydrogens (tertiary/aromatic N) is 3. The fraction of sp³-hybridized carbons (Fsp3) is 0.310. The second-order valence-corrected chi connectivity index (χ2v) is 11.6. The second kappa shape index (κ2) is 13.2. The number of benzene rings is 3. The Morgan fingerprint density at radius 3 is 2.17 bits per heavy atom. The average molecular weight is 567 g/mol. The van der Waals surface area contributed by atoms with Crippen LogP contribution in [0.4, 0.5) is 11.4 Å². The largest absolute Gasteiger partial charge is 0.352 e. The first-order valence-corrected chi connectivity index (χ1v) is 14.4. The molecule has 11 heteroatoms. The molecule has 0 aliphatic heterocycles. The molecule has 0 aliphatic carbocycles. The number of hydrogen-bond acceptors (Lipinski definition) is 6. The van der Waals surface area contributed by atoms with Gasteiger partial charge in [0.2, 0.25) is 11.8 Å². The first-order valence-electron chi connectivity index (χ1n) is 12.9. The summed E-state index contributed by atoms with van der Waals surface area (Å²) in [6, 6.07) is 19.1. The highest BCUT2D eigenvalue weighted by Crippen LogP contribution is 2.26. The summed E-state index contributed by atoms with van der Waals surface area (Å²) in [5.74, 6) is -0.934. The molecule has 1 unspecified atom stereocenters. The Balaban J connectivity index is 2.07. The van der Waals surface area contributed by atoms with Crippen molar-refractivity contribution in [1.29, 1.82) is 0 Å². The molecule has 0 spiro atoms. The zero-order valence-electron chi connectivity index (χ0n) is 23.0. The number of non-ortho nitro benzene ring substituents is 1. The number of amides is 2. The molecule has 0 radical (unpaired) electrons. The molecule has 3 aromatic carbocycles. The average Bonchev–Trinajstić information content (AvgIpc) is 2.91. The molecule has 0 fully saturated rings. The normalized spacial score (nSPS) is 12.0. The van der Waals surface area contributed by atoms with Crippen molar-refractivity contribution in [3.63, 3.8) is 0 Å². The minimum absolute atomic E-state index is 0.0454. The van der Waals surface area contributed by atoms with Crippen molar-refractivity contribution < 1.29 is 22.9 Å². The van der Waals surface area contributed by atoms with Crippen LogP contribution in [0.3, 0.4) is 0 Å². The van der Waals surface area contributed by atoms with Gasteiger partial charge in [-0.2, -0.15) is 0 Å². The van der Waals surface area contributed by atoms with Crippen LogP contribution in [0.5, 0.6) is 0 Å². The molecule has 0 aliphatic rings. The predicted octanol–water partition coefficient (Wildman–Crippen LogP) is 4.43. The number of hydrogen-bond donors (Lipinski definition) is 1. The summed E-state index contributed by atoms with van der Waals surface area (Å²) in [6.45, 7) is 6.81. The van der Waals surface area contributed by atoms with E-state index >= 15 is 0 Å². The minimum Gasteiger partial charge on any atom is -0.352 e. The standard InChI is InChI=1S/C29H34N4O6S/c1-5-27(29(35)30-21(2)3)31(19-23-11-9-10-22(4)18-23)28(34)20-32(24-14-16-25(17-15-24)33(36)37)40(38,39)26-12-7-6-8-13-26/h6-18,21,27H,5,19-20H2,1-4H3,(H,30,35). The molecular weight excluding hydrogens is 532 g/mol. The molecule has 0 saturated heterocycles. The lowest BCUT2D eigenvalue weighted by molar-refractivity contribution is -0.384. The van der Waals surface area contributed by atoms with Crippen LogP contribution in [-0.2, 0) is 26.2 Å². The van der Waals surface area contributed by atoms with E-state index < -0.39 is 33.4 Å². The first kappa shape index (κ1) is 30.3. The second-order valence-electron chi connectivity index (χ2n) is 9.70. The lowest BCUT2D eigenvalue weighted by Gasteiger charge is -2.33. The quantitative estimate of drug-likeness (QED) is 0.255. The third-order valence-corrected chi connectivity index (χ3v) is 8.00. The highest BCUT2D eigenvalue weighted by Gasteiger charge is 2.34. The summed E-state index contributed by atoms with van der Waals surface area (Å²) in [4.78, 5) is 39.1. The van der Waals surface area contributed by atoms with Gasteiger partial charge in [-0.1, -0.05) is 55.0 Å². The molecule has 0 aromatic heterocycles. The fourth-order valence-electron chi connectivity index (χ4n) is 4.30. The van der Waals surface area contributed by atoms with Crippen molar-refractivity contribution in [2.75, 3.05) is 10.8 Å². The van der Waals surface area contributed by atoms with Crippen molar-refractivity contribution in [3.05, 3.63) is 100 Å². The van der Waals surface area contributed by atoms with Gasteiger partial charge in [-0.3, -0.25) is 24.0 Å². The lowest BCUT2D eigenvalue weighted by atomic mass is 10.1. The summed E-state index contributed by atoms with van der Waals surface area (Å²) in [6.07, 6.45) is 0.305. The van der Waals surface area contributed by atoms with E-state index in [1.54, 1.807) is 25.1 Å². The van der Waals surface area contributed by atoms with Gasteiger partial charge in [0.15, 0.2) is 0 Å². The Kier molecular flexibility index (Phi) is 10.0. The number of carbonyl (C=O) groups is 2. The summed E-state index contributed by atoms with van der Waals surface area (Å²) < 4.78 is 28.5. The minimum atomic E-state index is -4.25. The first-order chi connectivity index (χ1) is 18.9. The number of carbonyl (C=O) groups excluding carboxylic acids is 2. The molecule has 3 rings (SSSR count). The summed E-state index contributed by atoms with van der Waals surface area (Å²) in [7, 11) is -4.25.